The fourth-order valence-electron chi connectivity index (χ4n) is 1.99. The Morgan fingerprint density at radius 1 is 1.17 bits per heavy atom. The average molecular weight is 345 g/mol. The summed E-state index contributed by atoms with van der Waals surface area (Å²) >= 11 is 11.1. The molecule has 2 rings (SSSR count). The average Bonchev–Trinajstić information content (AvgIpc) is 2.51. The molecule has 118 valence electrons. The highest BCUT2D eigenvalue weighted by Gasteiger charge is 2.08. The molecule has 0 aromatic heterocycles. The van der Waals surface area contributed by atoms with Crippen LogP contribution in [0.15, 0.2) is 54.1 Å². The summed E-state index contributed by atoms with van der Waals surface area (Å²) in [6, 6.07) is 15.1. The summed E-state index contributed by atoms with van der Waals surface area (Å²) in [5, 5.41) is 6.58. The van der Waals surface area contributed by atoms with Gasteiger partial charge in [-0.15, -0.1) is 0 Å². The van der Waals surface area contributed by atoms with E-state index in [2.05, 4.69) is 10.6 Å². The van der Waals surface area contributed by atoms with Gasteiger partial charge in [-0.3, -0.25) is 10.1 Å². The molecule has 5 heteroatoms. The predicted molar refractivity (Wildman–Crippen MR) is 101 cm³/mol. The summed E-state index contributed by atoms with van der Waals surface area (Å²) in [5.74, 6) is -0.238. The molecule has 0 unspecified atom stereocenters. The van der Waals surface area contributed by atoms with Crippen molar-refractivity contribution in [3.8, 4) is 0 Å². The number of nitrogens with one attached hydrogen (secondary N) is 2. The van der Waals surface area contributed by atoms with Crippen molar-refractivity contribution in [2.45, 2.75) is 13.8 Å². The number of carbonyl (C=O) groups is 1. The van der Waals surface area contributed by atoms with E-state index in [4.69, 9.17) is 23.8 Å². The molecule has 0 atom stereocenters. The normalized spacial score (nSPS) is 11.0. The molecule has 23 heavy (non-hydrogen) atoms. The van der Waals surface area contributed by atoms with Gasteiger partial charge in [0, 0.05) is 16.3 Å². The number of amides is 1. The van der Waals surface area contributed by atoms with Crippen molar-refractivity contribution in [2.75, 3.05) is 5.32 Å². The van der Waals surface area contributed by atoms with Crippen molar-refractivity contribution in [1.82, 2.24) is 5.32 Å². The van der Waals surface area contributed by atoms with Crippen LogP contribution in [0.4, 0.5) is 5.69 Å². The van der Waals surface area contributed by atoms with E-state index in [1.165, 1.54) is 0 Å². The lowest BCUT2D eigenvalue weighted by atomic mass is 10.1. The predicted octanol–water partition coefficient (Wildman–Crippen LogP) is 4.56. The van der Waals surface area contributed by atoms with Crippen molar-refractivity contribution >= 4 is 46.6 Å². The Bertz CT molecular complexity index is 757. The molecular formula is C18H17ClN2OS. The molecule has 0 heterocycles. The first-order valence-corrected chi connectivity index (χ1v) is 7.86. The van der Waals surface area contributed by atoms with E-state index in [1.54, 1.807) is 13.0 Å². The Balaban J connectivity index is 1.99. The minimum absolute atomic E-state index is 0.238. The number of benzene rings is 2. The molecule has 2 aromatic rings. The fourth-order valence-corrected chi connectivity index (χ4v) is 2.42. The second kappa shape index (κ2) is 7.90. The molecular weight excluding hydrogens is 328 g/mol. The Hall–Kier alpha value is -2.17. The van der Waals surface area contributed by atoms with Crippen LogP contribution in [0.3, 0.4) is 0 Å². The zero-order valence-corrected chi connectivity index (χ0v) is 14.5. The largest absolute Gasteiger partial charge is 0.332 e. The zero-order valence-electron chi connectivity index (χ0n) is 12.9. The minimum Gasteiger partial charge on any atom is -0.332 e. The monoisotopic (exact) mass is 344 g/mol. The van der Waals surface area contributed by atoms with E-state index in [-0.39, 0.29) is 11.0 Å². The van der Waals surface area contributed by atoms with Gasteiger partial charge in [0.2, 0.25) is 0 Å². The van der Waals surface area contributed by atoms with Crippen LogP contribution < -0.4 is 10.6 Å². The quantitative estimate of drug-likeness (QED) is 0.633. The van der Waals surface area contributed by atoms with E-state index >= 15 is 0 Å². The first-order valence-electron chi connectivity index (χ1n) is 7.07. The van der Waals surface area contributed by atoms with Gasteiger partial charge in [0.25, 0.3) is 5.91 Å². The second-order valence-corrected chi connectivity index (χ2v) is 5.95. The van der Waals surface area contributed by atoms with E-state index in [9.17, 15) is 4.79 Å². The molecule has 0 saturated heterocycles. The number of hydrogen-bond acceptors (Lipinski definition) is 2. The molecule has 0 fully saturated rings. The van der Waals surface area contributed by atoms with Crippen molar-refractivity contribution < 1.29 is 4.79 Å². The third kappa shape index (κ3) is 5.20. The Kier molecular flexibility index (Phi) is 5.90. The number of hydrogen-bond donors (Lipinski definition) is 2. The molecule has 0 bridgehead atoms. The molecule has 0 aliphatic carbocycles. The zero-order chi connectivity index (χ0) is 16.8. The molecule has 0 radical (unpaired) electrons. The SMILES string of the molecule is C/C(=C\c1ccccc1)C(=O)NC(=S)Nc1ccc(Cl)cc1C. The van der Waals surface area contributed by atoms with Crippen molar-refractivity contribution in [3.05, 3.63) is 70.3 Å². The van der Waals surface area contributed by atoms with Gasteiger partial charge in [-0.25, -0.2) is 0 Å². The maximum Gasteiger partial charge on any atom is 0.253 e. The fraction of sp³-hybridized carbons (Fsp3) is 0.111. The Labute approximate surface area is 146 Å². The Morgan fingerprint density at radius 2 is 1.87 bits per heavy atom. The van der Waals surface area contributed by atoms with Gasteiger partial charge in [0.1, 0.15) is 0 Å². The summed E-state index contributed by atoms with van der Waals surface area (Å²) in [5.41, 5.74) is 3.30. The topological polar surface area (TPSA) is 41.1 Å². The van der Waals surface area contributed by atoms with Crippen molar-refractivity contribution in [2.24, 2.45) is 0 Å². The molecule has 1 amide bonds. The highest BCUT2D eigenvalue weighted by atomic mass is 35.5. The molecule has 0 aliphatic heterocycles. The van der Waals surface area contributed by atoms with Gasteiger partial charge in [-0.1, -0.05) is 41.9 Å². The Morgan fingerprint density at radius 3 is 2.52 bits per heavy atom. The van der Waals surface area contributed by atoms with Gasteiger partial charge in [-0.05, 0) is 61.5 Å². The van der Waals surface area contributed by atoms with Crippen LogP contribution in [-0.4, -0.2) is 11.0 Å². The minimum atomic E-state index is -0.238. The number of thiocarbonyl (C=S) groups is 1. The maximum atomic E-state index is 12.2. The van der Waals surface area contributed by atoms with E-state index < -0.39 is 0 Å². The summed E-state index contributed by atoms with van der Waals surface area (Å²) in [6.45, 7) is 3.66. The van der Waals surface area contributed by atoms with Crippen LogP contribution in [0, 0.1) is 6.92 Å². The van der Waals surface area contributed by atoms with Gasteiger partial charge < -0.3 is 5.32 Å². The van der Waals surface area contributed by atoms with Gasteiger partial charge >= 0.3 is 0 Å². The number of halogens is 1. The van der Waals surface area contributed by atoms with Gasteiger partial charge in [-0.2, -0.15) is 0 Å². The van der Waals surface area contributed by atoms with Gasteiger partial charge in [0.05, 0.1) is 0 Å². The number of carbonyl (C=O) groups excluding carboxylic acids is 1. The second-order valence-electron chi connectivity index (χ2n) is 5.11. The molecule has 0 spiro atoms. The lowest BCUT2D eigenvalue weighted by Crippen LogP contribution is -2.34. The van der Waals surface area contributed by atoms with E-state index in [0.29, 0.717) is 10.6 Å². The summed E-state index contributed by atoms with van der Waals surface area (Å²) in [7, 11) is 0. The highest BCUT2D eigenvalue weighted by molar-refractivity contribution is 7.80. The number of rotatable bonds is 3. The smallest absolute Gasteiger partial charge is 0.253 e. The summed E-state index contributed by atoms with van der Waals surface area (Å²) in [6.07, 6.45) is 1.81. The highest BCUT2D eigenvalue weighted by Crippen LogP contribution is 2.19. The number of anilines is 1. The molecule has 2 N–H and O–H groups in total. The third-order valence-corrected chi connectivity index (χ3v) is 3.64. The van der Waals surface area contributed by atoms with Crippen LogP contribution in [0.1, 0.15) is 18.1 Å². The molecule has 2 aromatic carbocycles. The van der Waals surface area contributed by atoms with Crippen LogP contribution in [0.5, 0.6) is 0 Å². The molecule has 0 aliphatic rings. The standard InChI is InChI=1S/C18H17ClN2OS/c1-12-11-15(19)8-9-16(12)20-18(23)21-17(22)13(2)10-14-6-4-3-5-7-14/h3-11H,1-2H3,(H2,20,21,22,23)/b13-10+. The maximum absolute atomic E-state index is 12.2. The molecule has 3 nitrogen and oxygen atoms in total. The molecule has 0 saturated carbocycles. The summed E-state index contributed by atoms with van der Waals surface area (Å²) in [4.78, 5) is 12.2. The van der Waals surface area contributed by atoms with Crippen LogP contribution >= 0.6 is 23.8 Å². The number of aryl methyl sites for hydroxylation is 1. The van der Waals surface area contributed by atoms with Crippen molar-refractivity contribution in [3.63, 3.8) is 0 Å². The first kappa shape index (κ1) is 17.2. The first-order chi connectivity index (χ1) is 11.0. The third-order valence-electron chi connectivity index (χ3n) is 3.20. The van der Waals surface area contributed by atoms with E-state index in [0.717, 1.165) is 16.8 Å². The van der Waals surface area contributed by atoms with Crippen LogP contribution in [-0.2, 0) is 4.79 Å². The lowest BCUT2D eigenvalue weighted by Gasteiger charge is -2.12. The lowest BCUT2D eigenvalue weighted by molar-refractivity contribution is -0.116. The van der Waals surface area contributed by atoms with Gasteiger partial charge in [0.15, 0.2) is 5.11 Å². The van der Waals surface area contributed by atoms with E-state index in [1.807, 2.05) is 55.5 Å². The van der Waals surface area contributed by atoms with Crippen LogP contribution in [0.2, 0.25) is 5.02 Å². The van der Waals surface area contributed by atoms with Crippen LogP contribution in [0.25, 0.3) is 6.08 Å². The summed E-state index contributed by atoms with van der Waals surface area (Å²) < 4.78 is 0. The van der Waals surface area contributed by atoms with Crippen molar-refractivity contribution in [1.29, 1.82) is 0 Å².